The van der Waals surface area contributed by atoms with Crippen molar-refractivity contribution in [2.24, 2.45) is 5.73 Å². The van der Waals surface area contributed by atoms with E-state index in [9.17, 15) is 14.0 Å². The Hall–Kier alpha value is -4.24. The summed E-state index contributed by atoms with van der Waals surface area (Å²) >= 11 is 0. The highest BCUT2D eigenvalue weighted by molar-refractivity contribution is 6.42. The van der Waals surface area contributed by atoms with Crippen LogP contribution in [0.25, 0.3) is 22.0 Å². The second-order valence-electron chi connectivity index (χ2n) is 11.1. The Morgan fingerprint density at radius 3 is 2.26 bits per heavy atom. The van der Waals surface area contributed by atoms with E-state index >= 15 is 0 Å². The summed E-state index contributed by atoms with van der Waals surface area (Å²) in [5.41, 5.74) is 10.4. The highest BCUT2D eigenvalue weighted by Gasteiger charge is 2.15. The molecule has 1 amide bonds. The lowest BCUT2D eigenvalue weighted by Gasteiger charge is -2.15. The first-order valence-corrected chi connectivity index (χ1v) is 14.7. The van der Waals surface area contributed by atoms with E-state index < -0.39 is 11.7 Å². The Labute approximate surface area is 252 Å². The van der Waals surface area contributed by atoms with Crippen LogP contribution in [-0.2, 0) is 11.2 Å². The molecule has 3 aromatic carbocycles. The van der Waals surface area contributed by atoms with E-state index in [1.165, 1.54) is 40.2 Å². The molecule has 0 unspecified atom stereocenters. The third kappa shape index (κ3) is 7.59. The molecule has 0 bridgehead atoms. The number of nitrogens with zero attached hydrogens (tertiary/aromatic N) is 3. The lowest BCUT2D eigenvalue weighted by Crippen LogP contribution is -2.22. The smallest absolute Gasteiger partial charge is 0.289 e. The van der Waals surface area contributed by atoms with Crippen molar-refractivity contribution in [1.82, 2.24) is 14.7 Å². The molecular formula is C34H41FN4O4. The largest absolute Gasteiger partial charge is 0.493 e. The molecule has 0 radical (unpaired) electrons. The number of benzene rings is 3. The number of hydrogen-bond donors (Lipinski definition) is 1. The molecule has 0 aliphatic carbocycles. The average Bonchev–Trinajstić information content (AvgIpc) is 3.64. The van der Waals surface area contributed by atoms with Crippen LogP contribution < -0.4 is 15.2 Å². The number of methoxy groups -OCH3 is 2. The minimum absolute atomic E-state index is 0.186. The number of nitrogens with two attached hydrogens (primary N) is 1. The van der Waals surface area contributed by atoms with E-state index in [1.54, 1.807) is 18.2 Å². The van der Waals surface area contributed by atoms with E-state index in [0.717, 1.165) is 52.7 Å². The number of carbonyl (C=O) groups is 2. The van der Waals surface area contributed by atoms with Crippen LogP contribution in [0, 0.1) is 12.7 Å². The van der Waals surface area contributed by atoms with Gasteiger partial charge in [-0.2, -0.15) is 5.10 Å². The average molecular weight is 589 g/mol. The summed E-state index contributed by atoms with van der Waals surface area (Å²) in [6, 6.07) is 16.8. The number of aryl methyl sites for hydroxylation is 2. The fourth-order valence-electron chi connectivity index (χ4n) is 5.45. The van der Waals surface area contributed by atoms with Gasteiger partial charge in [0, 0.05) is 17.0 Å². The Bertz CT molecular complexity index is 1570. The minimum atomic E-state index is -0.944. The van der Waals surface area contributed by atoms with Crippen molar-refractivity contribution in [2.45, 2.75) is 52.5 Å². The van der Waals surface area contributed by atoms with Crippen LogP contribution in [0.15, 0.2) is 54.6 Å². The van der Waals surface area contributed by atoms with Crippen LogP contribution in [0.2, 0.25) is 0 Å². The maximum absolute atomic E-state index is 13.8. The molecule has 2 N–H and O–H groups in total. The number of fused-ring (bicyclic) bond motifs is 1. The quantitative estimate of drug-likeness (QED) is 0.177. The molecule has 0 saturated carbocycles. The Morgan fingerprint density at radius 2 is 1.65 bits per heavy atom. The van der Waals surface area contributed by atoms with Gasteiger partial charge >= 0.3 is 0 Å². The number of carbonyl (C=O) groups excluding carboxylic acids is 2. The maximum Gasteiger partial charge on any atom is 0.289 e. The molecular weight excluding hydrogens is 547 g/mol. The summed E-state index contributed by atoms with van der Waals surface area (Å²) in [7, 11) is 2.99. The molecule has 8 nitrogen and oxygen atoms in total. The SMILES string of the molecule is COc1cc(CCCN2CCCC2)cc(F)c1OC.Cc1nn(C(C)C)c2cc(-c3ccc(C(=O)C(N)=O)cc3)ccc12. The van der Waals surface area contributed by atoms with Gasteiger partial charge in [-0.1, -0.05) is 36.4 Å². The van der Waals surface area contributed by atoms with Gasteiger partial charge in [0.25, 0.3) is 5.91 Å². The molecule has 4 aromatic rings. The zero-order chi connectivity index (χ0) is 31.1. The number of amides is 1. The van der Waals surface area contributed by atoms with Gasteiger partial charge in [-0.25, -0.2) is 4.39 Å². The summed E-state index contributed by atoms with van der Waals surface area (Å²) in [4.78, 5) is 25.0. The molecule has 0 atom stereocenters. The van der Waals surface area contributed by atoms with Gasteiger partial charge in [0.05, 0.1) is 25.4 Å². The monoisotopic (exact) mass is 588 g/mol. The van der Waals surface area contributed by atoms with Gasteiger partial charge in [0.1, 0.15) is 0 Å². The van der Waals surface area contributed by atoms with Crippen LogP contribution in [0.1, 0.15) is 60.8 Å². The predicted molar refractivity (Wildman–Crippen MR) is 167 cm³/mol. The van der Waals surface area contributed by atoms with Crippen molar-refractivity contribution in [3.8, 4) is 22.6 Å². The van der Waals surface area contributed by atoms with Gasteiger partial charge < -0.3 is 20.1 Å². The van der Waals surface area contributed by atoms with Gasteiger partial charge in [-0.15, -0.1) is 0 Å². The molecule has 1 fully saturated rings. The molecule has 2 heterocycles. The Morgan fingerprint density at radius 1 is 0.977 bits per heavy atom. The summed E-state index contributed by atoms with van der Waals surface area (Å²) in [5, 5.41) is 5.73. The number of ether oxygens (including phenoxy) is 2. The lowest BCUT2D eigenvalue weighted by molar-refractivity contribution is -0.114. The number of rotatable bonds is 10. The maximum atomic E-state index is 13.8. The zero-order valence-electron chi connectivity index (χ0n) is 25.7. The first-order chi connectivity index (χ1) is 20.6. The Balaban J connectivity index is 0.000000203. The number of Topliss-reactive ketones (excluding diaryl/α,β-unsaturated/α-hetero) is 1. The minimum Gasteiger partial charge on any atom is -0.493 e. The Kier molecular flexibility index (Phi) is 10.5. The molecule has 43 heavy (non-hydrogen) atoms. The van der Waals surface area contributed by atoms with Crippen molar-refractivity contribution in [2.75, 3.05) is 33.9 Å². The number of likely N-dealkylation sites (tertiary alicyclic amines) is 1. The van der Waals surface area contributed by atoms with Gasteiger partial charge in [0.2, 0.25) is 5.78 Å². The lowest BCUT2D eigenvalue weighted by atomic mass is 10.0. The standard InChI is InChI=1S/C19H19N3O2.C15H22FNO2/c1-11(2)22-17-10-15(8-9-16(17)12(3)21-22)13-4-6-14(7-5-13)18(23)19(20)24;1-18-14-11-12(10-13(16)15(14)19-2)6-5-9-17-7-3-4-8-17/h4-11H,1-3H3,(H2,20,24);10-11H,3-9H2,1-2H3. The number of hydrogen-bond acceptors (Lipinski definition) is 6. The van der Waals surface area contributed by atoms with Crippen molar-refractivity contribution >= 4 is 22.6 Å². The number of primary amides is 1. The normalized spacial score (nSPS) is 13.2. The summed E-state index contributed by atoms with van der Waals surface area (Å²) in [5.74, 6) is -1.31. The van der Waals surface area contributed by atoms with Crippen LogP contribution in [0.3, 0.4) is 0 Å². The fraction of sp³-hybridized carbons (Fsp3) is 0.382. The van der Waals surface area contributed by atoms with E-state index in [-0.39, 0.29) is 17.6 Å². The van der Waals surface area contributed by atoms with Crippen LogP contribution in [-0.4, -0.2) is 60.2 Å². The van der Waals surface area contributed by atoms with Gasteiger partial charge in [0.15, 0.2) is 17.3 Å². The first-order valence-electron chi connectivity index (χ1n) is 14.7. The molecule has 1 aliphatic rings. The van der Waals surface area contributed by atoms with Crippen molar-refractivity contribution in [1.29, 1.82) is 0 Å². The number of aromatic nitrogens is 2. The number of halogens is 1. The summed E-state index contributed by atoms with van der Waals surface area (Å²) < 4.78 is 26.0. The first kappa shape index (κ1) is 31.7. The second kappa shape index (κ2) is 14.3. The summed E-state index contributed by atoms with van der Waals surface area (Å²) in [6.07, 6.45) is 4.54. The van der Waals surface area contributed by atoms with E-state index in [0.29, 0.717) is 11.3 Å². The van der Waals surface area contributed by atoms with Crippen LogP contribution in [0.5, 0.6) is 11.5 Å². The molecule has 0 spiro atoms. The van der Waals surface area contributed by atoms with Gasteiger partial charge in [-0.05, 0) is 101 Å². The molecule has 1 saturated heterocycles. The molecule has 1 aliphatic heterocycles. The second-order valence-corrected chi connectivity index (χ2v) is 11.1. The van der Waals surface area contributed by atoms with Crippen molar-refractivity contribution in [3.05, 3.63) is 77.2 Å². The van der Waals surface area contributed by atoms with Crippen LogP contribution >= 0.6 is 0 Å². The third-order valence-electron chi connectivity index (χ3n) is 7.72. The topological polar surface area (TPSA) is 99.7 Å². The third-order valence-corrected chi connectivity index (χ3v) is 7.72. The van der Waals surface area contributed by atoms with Crippen molar-refractivity contribution in [3.63, 3.8) is 0 Å². The van der Waals surface area contributed by atoms with Gasteiger partial charge in [-0.3, -0.25) is 14.3 Å². The van der Waals surface area contributed by atoms with E-state index in [2.05, 4.69) is 36.0 Å². The zero-order valence-corrected chi connectivity index (χ0v) is 25.7. The summed E-state index contributed by atoms with van der Waals surface area (Å²) in [6.45, 7) is 9.72. The molecule has 9 heteroatoms. The fourth-order valence-corrected chi connectivity index (χ4v) is 5.45. The van der Waals surface area contributed by atoms with Crippen LogP contribution in [0.4, 0.5) is 4.39 Å². The molecule has 228 valence electrons. The van der Waals surface area contributed by atoms with E-state index in [4.69, 9.17) is 15.2 Å². The molecule has 1 aromatic heterocycles. The van der Waals surface area contributed by atoms with Crippen molar-refractivity contribution < 1.29 is 23.5 Å². The number of ketones is 1. The predicted octanol–water partition coefficient (Wildman–Crippen LogP) is 6.13. The highest BCUT2D eigenvalue weighted by atomic mass is 19.1. The molecule has 5 rings (SSSR count). The van der Waals surface area contributed by atoms with E-state index in [1.807, 2.05) is 35.9 Å². The highest BCUT2D eigenvalue weighted by Crippen LogP contribution is 2.32.